The predicted molar refractivity (Wildman–Crippen MR) is 83.6 cm³/mol. The fourth-order valence-corrected chi connectivity index (χ4v) is 5.86. The monoisotopic (exact) mass is 286 g/mol. The van der Waals surface area contributed by atoms with E-state index >= 15 is 0 Å². The second-order valence-electron chi connectivity index (χ2n) is 8.01. The largest absolute Gasteiger partial charge is 0.387 e. The lowest BCUT2D eigenvalue weighted by atomic mass is 9.48. The summed E-state index contributed by atoms with van der Waals surface area (Å²) in [4.78, 5) is 0. The zero-order valence-electron chi connectivity index (χ0n) is 12.9. The molecule has 4 saturated carbocycles. The minimum atomic E-state index is -0.102. The molecular formula is C19H28NO+. The van der Waals surface area contributed by atoms with Crippen molar-refractivity contribution in [1.82, 2.24) is 0 Å². The Hall–Kier alpha value is -0.860. The van der Waals surface area contributed by atoms with Gasteiger partial charge in [-0.2, -0.15) is 0 Å². The van der Waals surface area contributed by atoms with Crippen molar-refractivity contribution < 1.29 is 10.4 Å². The van der Waals surface area contributed by atoms with Crippen LogP contribution >= 0.6 is 0 Å². The van der Waals surface area contributed by atoms with Crippen molar-refractivity contribution in [2.24, 2.45) is 23.2 Å². The van der Waals surface area contributed by atoms with E-state index in [4.69, 9.17) is 0 Å². The minimum Gasteiger partial charge on any atom is -0.387 e. The maximum absolute atomic E-state index is 10.9. The summed E-state index contributed by atoms with van der Waals surface area (Å²) in [6.07, 6.45) is 8.19. The predicted octanol–water partition coefficient (Wildman–Crippen LogP) is 2.33. The van der Waals surface area contributed by atoms with Crippen LogP contribution in [0, 0.1) is 23.2 Å². The first-order chi connectivity index (χ1) is 10.2. The van der Waals surface area contributed by atoms with E-state index in [1.807, 2.05) is 0 Å². The topological polar surface area (TPSA) is 36.8 Å². The Balaban J connectivity index is 1.35. The normalized spacial score (nSPS) is 38.6. The van der Waals surface area contributed by atoms with Gasteiger partial charge < -0.3 is 10.4 Å². The Morgan fingerprint density at radius 2 is 1.57 bits per heavy atom. The van der Waals surface area contributed by atoms with E-state index in [-0.39, 0.29) is 11.5 Å². The molecule has 0 spiro atoms. The molecule has 0 aromatic heterocycles. The molecule has 4 bridgehead atoms. The van der Waals surface area contributed by atoms with Gasteiger partial charge >= 0.3 is 0 Å². The molecule has 4 aliphatic carbocycles. The second-order valence-corrected chi connectivity index (χ2v) is 8.01. The molecule has 0 saturated heterocycles. The Kier molecular flexibility index (Phi) is 3.55. The molecule has 3 N–H and O–H groups in total. The average Bonchev–Trinajstić information content (AvgIpc) is 2.47. The lowest BCUT2D eigenvalue weighted by Gasteiger charge is -2.58. The van der Waals surface area contributed by atoms with E-state index in [0.29, 0.717) is 0 Å². The molecular weight excluding hydrogens is 258 g/mol. The van der Waals surface area contributed by atoms with Crippen LogP contribution in [0.25, 0.3) is 0 Å². The number of benzene rings is 1. The molecule has 0 heterocycles. The number of rotatable bonds is 5. The summed E-state index contributed by atoms with van der Waals surface area (Å²) in [5.74, 6) is 2.79. The molecule has 0 amide bonds. The van der Waals surface area contributed by atoms with E-state index in [0.717, 1.165) is 30.8 Å². The number of aliphatic hydroxyl groups excluding tert-OH is 1. The summed E-state index contributed by atoms with van der Waals surface area (Å²) in [5.41, 5.74) is 1.64. The van der Waals surface area contributed by atoms with Gasteiger partial charge in [-0.15, -0.1) is 0 Å². The first-order valence-corrected chi connectivity index (χ1v) is 8.77. The standard InChI is InChI=1S/C19H27NO/c21-18(13-20-12-14-4-2-1-3-5-14)19-9-15-6-16(10-19)8-17(7-15)11-19/h1-5,15-18,20-21H,6-13H2/p+1/t15?,16?,17?,18-,19?/m0/s1. The third-order valence-corrected chi connectivity index (χ3v) is 6.41. The van der Waals surface area contributed by atoms with Crippen molar-refractivity contribution in [2.75, 3.05) is 6.54 Å². The van der Waals surface area contributed by atoms with Crippen LogP contribution < -0.4 is 5.32 Å². The highest BCUT2D eigenvalue weighted by atomic mass is 16.3. The van der Waals surface area contributed by atoms with E-state index in [1.165, 1.54) is 44.1 Å². The van der Waals surface area contributed by atoms with E-state index in [9.17, 15) is 5.11 Å². The van der Waals surface area contributed by atoms with Crippen molar-refractivity contribution in [3.63, 3.8) is 0 Å². The molecule has 114 valence electrons. The first kappa shape index (κ1) is 13.8. The quantitative estimate of drug-likeness (QED) is 0.856. The van der Waals surface area contributed by atoms with Crippen LogP contribution in [-0.2, 0) is 6.54 Å². The Labute approximate surface area is 128 Å². The zero-order valence-corrected chi connectivity index (χ0v) is 12.9. The third-order valence-electron chi connectivity index (χ3n) is 6.41. The van der Waals surface area contributed by atoms with Gasteiger partial charge in [0, 0.05) is 11.0 Å². The molecule has 0 radical (unpaired) electrons. The van der Waals surface area contributed by atoms with Gasteiger partial charge in [-0.25, -0.2) is 0 Å². The number of quaternary nitrogens is 1. The maximum atomic E-state index is 10.9. The van der Waals surface area contributed by atoms with Gasteiger partial charge in [0.05, 0.1) is 0 Å². The lowest BCUT2D eigenvalue weighted by Crippen LogP contribution is -2.86. The van der Waals surface area contributed by atoms with Gasteiger partial charge in [0.1, 0.15) is 19.2 Å². The average molecular weight is 286 g/mol. The molecule has 4 fully saturated rings. The summed E-state index contributed by atoms with van der Waals surface area (Å²) < 4.78 is 0. The van der Waals surface area contributed by atoms with Crippen LogP contribution in [0.3, 0.4) is 0 Å². The zero-order chi connectivity index (χ0) is 14.3. The van der Waals surface area contributed by atoms with Crippen LogP contribution in [0.1, 0.15) is 44.1 Å². The van der Waals surface area contributed by atoms with E-state index in [1.54, 1.807) is 0 Å². The van der Waals surface area contributed by atoms with E-state index in [2.05, 4.69) is 35.6 Å². The van der Waals surface area contributed by atoms with Gasteiger partial charge in [-0.05, 0) is 56.3 Å². The highest BCUT2D eigenvalue weighted by molar-refractivity contribution is 5.13. The fourth-order valence-electron chi connectivity index (χ4n) is 5.86. The summed E-state index contributed by atoms with van der Waals surface area (Å²) in [7, 11) is 0. The van der Waals surface area contributed by atoms with Crippen LogP contribution in [-0.4, -0.2) is 17.8 Å². The minimum absolute atomic E-state index is 0.102. The summed E-state index contributed by atoms with van der Waals surface area (Å²) in [6, 6.07) is 10.6. The molecule has 1 aromatic rings. The smallest absolute Gasteiger partial charge is 0.108 e. The van der Waals surface area contributed by atoms with Crippen LogP contribution in [0.15, 0.2) is 30.3 Å². The molecule has 4 aliphatic rings. The van der Waals surface area contributed by atoms with Crippen LogP contribution in [0.4, 0.5) is 0 Å². The summed E-state index contributed by atoms with van der Waals surface area (Å²) in [5, 5.41) is 13.2. The number of hydrogen-bond donors (Lipinski definition) is 2. The molecule has 1 aromatic carbocycles. The maximum Gasteiger partial charge on any atom is 0.108 e. The lowest BCUT2D eigenvalue weighted by molar-refractivity contribution is -0.679. The fraction of sp³-hybridized carbons (Fsp3) is 0.684. The first-order valence-electron chi connectivity index (χ1n) is 8.77. The van der Waals surface area contributed by atoms with Crippen molar-refractivity contribution in [1.29, 1.82) is 0 Å². The van der Waals surface area contributed by atoms with E-state index < -0.39 is 0 Å². The summed E-state index contributed by atoms with van der Waals surface area (Å²) >= 11 is 0. The van der Waals surface area contributed by atoms with Crippen LogP contribution in [0.5, 0.6) is 0 Å². The Morgan fingerprint density at radius 3 is 2.14 bits per heavy atom. The van der Waals surface area contributed by atoms with Gasteiger partial charge in [0.25, 0.3) is 0 Å². The second kappa shape index (κ2) is 5.40. The van der Waals surface area contributed by atoms with Crippen LogP contribution in [0.2, 0.25) is 0 Å². The molecule has 5 rings (SSSR count). The number of nitrogens with two attached hydrogens (primary N) is 1. The molecule has 21 heavy (non-hydrogen) atoms. The van der Waals surface area contributed by atoms with Crippen molar-refractivity contribution in [3.05, 3.63) is 35.9 Å². The highest BCUT2D eigenvalue weighted by Crippen LogP contribution is 2.61. The van der Waals surface area contributed by atoms with Gasteiger partial charge in [0.2, 0.25) is 0 Å². The number of hydrogen-bond acceptors (Lipinski definition) is 1. The highest BCUT2D eigenvalue weighted by Gasteiger charge is 2.54. The SMILES string of the molecule is O[C@@H](C[NH2+]Cc1ccccc1)C12CC3CC(CC(C3)C1)C2. The molecule has 1 atom stereocenters. The van der Waals surface area contributed by atoms with Crippen molar-refractivity contribution in [2.45, 2.75) is 51.2 Å². The Bertz CT molecular complexity index is 448. The van der Waals surface area contributed by atoms with Gasteiger partial charge in [-0.3, -0.25) is 0 Å². The Morgan fingerprint density at radius 1 is 1.00 bits per heavy atom. The number of aliphatic hydroxyl groups is 1. The van der Waals surface area contributed by atoms with Crippen molar-refractivity contribution in [3.8, 4) is 0 Å². The molecule has 0 aliphatic heterocycles. The van der Waals surface area contributed by atoms with Gasteiger partial charge in [-0.1, -0.05) is 30.3 Å². The third kappa shape index (κ3) is 2.64. The van der Waals surface area contributed by atoms with Crippen molar-refractivity contribution >= 4 is 0 Å². The molecule has 2 nitrogen and oxygen atoms in total. The summed E-state index contributed by atoms with van der Waals surface area (Å²) in [6.45, 7) is 1.87. The molecule has 0 unspecified atom stereocenters. The molecule has 2 heteroatoms. The van der Waals surface area contributed by atoms with Gasteiger partial charge in [0.15, 0.2) is 0 Å².